The van der Waals surface area contributed by atoms with Crippen molar-refractivity contribution in [2.45, 2.75) is 56.3 Å². The van der Waals surface area contributed by atoms with Crippen molar-refractivity contribution in [1.29, 1.82) is 0 Å². The van der Waals surface area contributed by atoms with Crippen LogP contribution in [0, 0.1) is 0 Å². The molecule has 1 aromatic heterocycles. The van der Waals surface area contributed by atoms with Crippen LogP contribution in [0.4, 0.5) is 0 Å². The van der Waals surface area contributed by atoms with Crippen LogP contribution in [-0.4, -0.2) is 93.4 Å². The Bertz CT molecular complexity index is 970. The van der Waals surface area contributed by atoms with Crippen LogP contribution in [0.15, 0.2) is 17.5 Å². The Hall–Kier alpha value is -3.86. The zero-order valence-corrected chi connectivity index (χ0v) is 21.8. The molecule has 1 aromatic rings. The lowest BCUT2D eigenvalue weighted by molar-refractivity contribution is -0.142. The maximum atomic E-state index is 13.0. The molecule has 1 heterocycles. The smallest absolute Gasteiger partial charge is 0.326 e. The molecule has 212 valence electrons. The molecule has 38 heavy (non-hydrogen) atoms. The summed E-state index contributed by atoms with van der Waals surface area (Å²) in [6, 6.07) is -4.93. The number of hydrogen-bond acceptors (Lipinski definition) is 9. The lowest BCUT2D eigenvalue weighted by atomic mass is 10.1. The quantitative estimate of drug-likeness (QED) is 0.0485. The molecule has 4 atom stereocenters. The highest BCUT2D eigenvalue weighted by atomic mass is 32.2. The number of aromatic nitrogens is 2. The molecule has 17 heteroatoms. The Balaban J connectivity index is 3.03. The van der Waals surface area contributed by atoms with Gasteiger partial charge in [-0.15, -0.1) is 0 Å². The van der Waals surface area contributed by atoms with Crippen molar-refractivity contribution >= 4 is 47.3 Å². The lowest BCUT2D eigenvalue weighted by Gasteiger charge is -2.24. The maximum absolute atomic E-state index is 13.0. The molecular weight excluding hydrogens is 520 g/mol. The number of carbonyl (C=O) groups is 5. The van der Waals surface area contributed by atoms with Gasteiger partial charge in [0.25, 0.3) is 0 Å². The van der Waals surface area contributed by atoms with Gasteiger partial charge in [0.2, 0.25) is 23.6 Å². The summed E-state index contributed by atoms with van der Waals surface area (Å²) in [5.41, 5.74) is 22.2. The number of imidazole rings is 1. The number of amides is 4. The fourth-order valence-electron chi connectivity index (χ4n) is 3.20. The Labute approximate surface area is 223 Å². The first-order chi connectivity index (χ1) is 17.9. The predicted octanol–water partition coefficient (Wildman–Crippen LogP) is -3.50. The van der Waals surface area contributed by atoms with Gasteiger partial charge in [0.15, 0.2) is 5.96 Å². The van der Waals surface area contributed by atoms with E-state index in [1.54, 1.807) is 0 Å². The maximum Gasteiger partial charge on any atom is 0.326 e. The Morgan fingerprint density at radius 3 is 2.21 bits per heavy atom. The Kier molecular flexibility index (Phi) is 14.2. The van der Waals surface area contributed by atoms with Crippen molar-refractivity contribution in [2.75, 3.05) is 18.6 Å². The number of hydrogen-bond donors (Lipinski definition) is 9. The number of rotatable bonds is 18. The van der Waals surface area contributed by atoms with E-state index in [2.05, 4.69) is 30.9 Å². The third-order valence-electron chi connectivity index (χ3n) is 5.18. The van der Waals surface area contributed by atoms with Crippen LogP contribution in [0.1, 0.15) is 31.4 Å². The van der Waals surface area contributed by atoms with E-state index >= 15 is 0 Å². The molecule has 13 N–H and O–H groups in total. The first-order valence-corrected chi connectivity index (χ1v) is 13.0. The van der Waals surface area contributed by atoms with Crippen molar-refractivity contribution in [3.05, 3.63) is 18.2 Å². The highest BCUT2D eigenvalue weighted by molar-refractivity contribution is 7.98. The van der Waals surface area contributed by atoms with Crippen LogP contribution in [0.25, 0.3) is 0 Å². The largest absolute Gasteiger partial charge is 0.480 e. The fraction of sp³-hybridized carbons (Fsp3) is 0.571. The van der Waals surface area contributed by atoms with Gasteiger partial charge in [-0.1, -0.05) is 0 Å². The molecule has 0 saturated heterocycles. The van der Waals surface area contributed by atoms with Crippen molar-refractivity contribution in [3.8, 4) is 0 Å². The zero-order valence-electron chi connectivity index (χ0n) is 21.0. The van der Waals surface area contributed by atoms with Gasteiger partial charge in [0.1, 0.15) is 18.1 Å². The second-order valence-electron chi connectivity index (χ2n) is 8.31. The van der Waals surface area contributed by atoms with Crippen molar-refractivity contribution in [3.63, 3.8) is 0 Å². The van der Waals surface area contributed by atoms with Gasteiger partial charge in [-0.3, -0.25) is 24.2 Å². The number of carboxylic acids is 1. The number of aliphatic carboxylic acids is 1. The monoisotopic (exact) mass is 556 g/mol. The predicted molar refractivity (Wildman–Crippen MR) is 140 cm³/mol. The van der Waals surface area contributed by atoms with E-state index < -0.39 is 60.2 Å². The molecule has 0 aliphatic heterocycles. The molecule has 0 aromatic carbocycles. The number of nitrogens with two attached hydrogens (primary N) is 4. The van der Waals surface area contributed by atoms with E-state index in [0.717, 1.165) is 0 Å². The summed E-state index contributed by atoms with van der Waals surface area (Å²) in [4.78, 5) is 72.2. The summed E-state index contributed by atoms with van der Waals surface area (Å²) < 4.78 is 0. The van der Waals surface area contributed by atoms with Crippen molar-refractivity contribution < 1.29 is 29.1 Å². The van der Waals surface area contributed by atoms with E-state index in [9.17, 15) is 29.1 Å². The minimum Gasteiger partial charge on any atom is -0.480 e. The van der Waals surface area contributed by atoms with Crippen LogP contribution >= 0.6 is 11.8 Å². The average Bonchev–Trinajstić information content (AvgIpc) is 3.35. The van der Waals surface area contributed by atoms with Crippen LogP contribution < -0.4 is 38.9 Å². The van der Waals surface area contributed by atoms with Gasteiger partial charge >= 0.3 is 5.97 Å². The Morgan fingerprint density at radius 2 is 1.66 bits per heavy atom. The molecule has 0 spiro atoms. The van der Waals surface area contributed by atoms with Crippen LogP contribution in [-0.2, 0) is 30.4 Å². The van der Waals surface area contributed by atoms with Crippen LogP contribution in [0.5, 0.6) is 0 Å². The van der Waals surface area contributed by atoms with E-state index in [1.165, 1.54) is 24.3 Å². The molecule has 4 amide bonds. The number of nitrogens with one attached hydrogen (secondary N) is 4. The molecule has 0 saturated carbocycles. The number of aromatic amines is 1. The van der Waals surface area contributed by atoms with Crippen LogP contribution in [0.3, 0.4) is 0 Å². The zero-order chi connectivity index (χ0) is 28.7. The standard InChI is InChI=1S/C21H36N10O6S/c1-38-6-4-12(22)17(33)30-14(8-16(23)32)19(35)29-13(3-2-5-27-21(24)25)18(34)31-15(20(36)37)7-11-9-26-10-28-11/h9-10,12-15H,2-8,22H2,1H3,(H2,23,32)(H,26,28)(H,29,35)(H,30,33)(H,31,34)(H,36,37)(H4,24,25,27). The lowest BCUT2D eigenvalue weighted by Crippen LogP contribution is -2.58. The fourth-order valence-corrected chi connectivity index (χ4v) is 3.69. The minimum atomic E-state index is -1.41. The SMILES string of the molecule is CSCCC(N)C(=O)NC(CC(N)=O)C(=O)NC(CCCN=C(N)N)C(=O)NC(Cc1cnc[nH]1)C(=O)O. The number of H-pyrrole nitrogens is 1. The summed E-state index contributed by atoms with van der Waals surface area (Å²) >= 11 is 1.48. The third-order valence-corrected chi connectivity index (χ3v) is 5.82. The van der Waals surface area contributed by atoms with Crippen molar-refractivity contribution in [2.24, 2.45) is 27.9 Å². The van der Waals surface area contributed by atoms with Gasteiger partial charge in [0.05, 0.1) is 18.8 Å². The van der Waals surface area contributed by atoms with Crippen LogP contribution in [0.2, 0.25) is 0 Å². The van der Waals surface area contributed by atoms with E-state index in [4.69, 9.17) is 22.9 Å². The average molecular weight is 557 g/mol. The number of guanidine groups is 1. The molecular formula is C21H36N10O6S. The highest BCUT2D eigenvalue weighted by Crippen LogP contribution is 2.06. The number of aliphatic imine (C=N–C) groups is 1. The van der Waals surface area contributed by atoms with Gasteiger partial charge in [-0.2, -0.15) is 11.8 Å². The summed E-state index contributed by atoms with van der Waals surface area (Å²) in [6.45, 7) is 0.129. The number of primary amides is 1. The molecule has 0 radical (unpaired) electrons. The molecule has 1 rings (SSSR count). The van der Waals surface area contributed by atoms with Crippen molar-refractivity contribution in [1.82, 2.24) is 25.9 Å². The summed E-state index contributed by atoms with van der Waals surface area (Å²) in [5.74, 6) is -4.10. The molecule has 0 fully saturated rings. The van der Waals surface area contributed by atoms with E-state index in [-0.39, 0.29) is 31.8 Å². The first kappa shape index (κ1) is 32.2. The van der Waals surface area contributed by atoms with Gasteiger partial charge in [-0.05, 0) is 31.3 Å². The topological polar surface area (TPSA) is 287 Å². The molecule has 0 aliphatic carbocycles. The minimum absolute atomic E-state index is 0.00915. The van der Waals surface area contributed by atoms with E-state index in [0.29, 0.717) is 17.9 Å². The second kappa shape index (κ2) is 16.8. The number of carboxylic acid groups (broad SMARTS) is 1. The molecule has 16 nitrogen and oxygen atoms in total. The third kappa shape index (κ3) is 12.4. The van der Waals surface area contributed by atoms with Gasteiger partial charge in [-0.25, -0.2) is 9.78 Å². The molecule has 4 unspecified atom stereocenters. The number of thioether (sulfide) groups is 1. The normalized spacial score (nSPS) is 13.8. The molecule has 0 aliphatic rings. The first-order valence-electron chi connectivity index (χ1n) is 11.6. The molecule has 0 bridgehead atoms. The van der Waals surface area contributed by atoms with Gasteiger partial charge in [0, 0.05) is 24.9 Å². The summed E-state index contributed by atoms with van der Waals surface area (Å²) in [7, 11) is 0. The number of nitrogens with zero attached hydrogens (tertiary/aromatic N) is 2. The van der Waals surface area contributed by atoms with E-state index in [1.807, 2.05) is 6.26 Å². The highest BCUT2D eigenvalue weighted by Gasteiger charge is 2.31. The second-order valence-corrected chi connectivity index (χ2v) is 9.30. The Morgan fingerprint density at radius 1 is 1.03 bits per heavy atom. The summed E-state index contributed by atoms with van der Waals surface area (Å²) in [5, 5.41) is 16.8. The summed E-state index contributed by atoms with van der Waals surface area (Å²) in [6.07, 6.45) is 4.56. The van der Waals surface area contributed by atoms with Gasteiger partial charge < -0.3 is 49.0 Å². The number of carbonyl (C=O) groups excluding carboxylic acids is 4.